The van der Waals surface area contributed by atoms with Crippen molar-refractivity contribution in [3.8, 4) is 11.5 Å². The summed E-state index contributed by atoms with van der Waals surface area (Å²) < 4.78 is 15.1. The minimum absolute atomic E-state index is 0.141. The van der Waals surface area contributed by atoms with E-state index in [4.69, 9.17) is 14.2 Å². The van der Waals surface area contributed by atoms with Crippen LogP contribution in [0.4, 0.5) is 11.4 Å². The van der Waals surface area contributed by atoms with Gasteiger partial charge in [0.05, 0.1) is 24.7 Å². The Hall–Kier alpha value is -3.88. The number of methoxy groups -OCH3 is 2. The van der Waals surface area contributed by atoms with E-state index < -0.39 is 23.4 Å². The van der Waals surface area contributed by atoms with E-state index in [2.05, 4.69) is 5.32 Å². The van der Waals surface area contributed by atoms with E-state index in [1.807, 2.05) is 0 Å². The van der Waals surface area contributed by atoms with Gasteiger partial charge in [0.15, 0.2) is 18.1 Å². The first-order valence-electron chi connectivity index (χ1n) is 8.04. The van der Waals surface area contributed by atoms with Crippen LogP contribution in [-0.4, -0.2) is 37.6 Å². The molecule has 0 bridgehead atoms. The van der Waals surface area contributed by atoms with E-state index in [0.29, 0.717) is 17.2 Å². The first kappa shape index (κ1) is 20.4. The Balaban J connectivity index is 1.91. The van der Waals surface area contributed by atoms with Crippen molar-refractivity contribution in [1.29, 1.82) is 0 Å². The molecule has 0 unspecified atom stereocenters. The molecule has 0 fully saturated rings. The summed E-state index contributed by atoms with van der Waals surface area (Å²) in [7, 11) is 2.96. The van der Waals surface area contributed by atoms with E-state index in [1.165, 1.54) is 38.5 Å². The van der Waals surface area contributed by atoms with Crippen LogP contribution in [0.15, 0.2) is 48.5 Å². The van der Waals surface area contributed by atoms with Crippen molar-refractivity contribution >= 4 is 29.3 Å². The van der Waals surface area contributed by atoms with Gasteiger partial charge in [-0.1, -0.05) is 12.1 Å². The molecule has 0 saturated carbocycles. The van der Waals surface area contributed by atoms with Crippen LogP contribution in [0.25, 0.3) is 6.08 Å². The van der Waals surface area contributed by atoms with Gasteiger partial charge in [0.1, 0.15) is 0 Å². The van der Waals surface area contributed by atoms with Crippen LogP contribution >= 0.6 is 0 Å². The zero-order chi connectivity index (χ0) is 20.5. The van der Waals surface area contributed by atoms with Gasteiger partial charge in [0, 0.05) is 23.9 Å². The number of ether oxygens (including phenoxy) is 3. The third-order valence-corrected chi connectivity index (χ3v) is 3.55. The number of rotatable bonds is 8. The molecule has 0 atom stereocenters. The van der Waals surface area contributed by atoms with Crippen LogP contribution in [0.5, 0.6) is 11.5 Å². The average molecular weight is 386 g/mol. The summed E-state index contributed by atoms with van der Waals surface area (Å²) in [6.45, 7) is -0.519. The maximum Gasteiger partial charge on any atom is 0.331 e. The summed E-state index contributed by atoms with van der Waals surface area (Å²) >= 11 is 0. The number of nitro benzene ring substituents is 1. The fraction of sp³-hybridized carbons (Fsp3) is 0.158. The Morgan fingerprint density at radius 1 is 1.11 bits per heavy atom. The molecular weight excluding hydrogens is 368 g/mol. The minimum atomic E-state index is -0.805. The van der Waals surface area contributed by atoms with Gasteiger partial charge >= 0.3 is 5.97 Å². The molecule has 28 heavy (non-hydrogen) atoms. The molecule has 0 aliphatic heterocycles. The molecule has 0 saturated heterocycles. The highest BCUT2D eigenvalue weighted by Gasteiger charge is 2.11. The van der Waals surface area contributed by atoms with Crippen molar-refractivity contribution in [3.05, 3.63) is 64.2 Å². The number of anilines is 1. The number of carbonyl (C=O) groups is 2. The highest BCUT2D eigenvalue weighted by Crippen LogP contribution is 2.29. The van der Waals surface area contributed by atoms with Gasteiger partial charge in [-0.05, 0) is 24.3 Å². The Labute approximate surface area is 160 Å². The molecule has 1 amide bonds. The summed E-state index contributed by atoms with van der Waals surface area (Å²) in [6.07, 6.45) is 2.28. The van der Waals surface area contributed by atoms with Crippen LogP contribution < -0.4 is 14.8 Å². The largest absolute Gasteiger partial charge is 0.493 e. The number of hydrogen-bond donors (Lipinski definition) is 1. The van der Waals surface area contributed by atoms with E-state index in [-0.39, 0.29) is 11.3 Å². The van der Waals surface area contributed by atoms with Crippen LogP contribution in [-0.2, 0) is 14.3 Å². The average Bonchev–Trinajstić information content (AvgIpc) is 2.70. The lowest BCUT2D eigenvalue weighted by atomic mass is 10.1. The molecule has 0 aliphatic carbocycles. The molecule has 2 aromatic rings. The molecular formula is C19H18N2O7. The number of carbonyl (C=O) groups excluding carboxylic acids is 2. The Morgan fingerprint density at radius 2 is 1.82 bits per heavy atom. The maximum atomic E-state index is 11.9. The second-order valence-corrected chi connectivity index (χ2v) is 5.37. The van der Waals surface area contributed by atoms with Gasteiger partial charge in [0.2, 0.25) is 0 Å². The van der Waals surface area contributed by atoms with Crippen molar-refractivity contribution in [3.63, 3.8) is 0 Å². The second kappa shape index (κ2) is 9.72. The van der Waals surface area contributed by atoms with Crippen molar-refractivity contribution in [2.24, 2.45) is 0 Å². The first-order chi connectivity index (χ1) is 13.4. The lowest BCUT2D eigenvalue weighted by Crippen LogP contribution is -2.20. The van der Waals surface area contributed by atoms with Gasteiger partial charge in [-0.2, -0.15) is 0 Å². The molecule has 0 aromatic heterocycles. The van der Waals surface area contributed by atoms with E-state index in [0.717, 1.165) is 6.08 Å². The predicted octanol–water partition coefficient (Wildman–Crippen LogP) is 2.81. The Kier molecular flexibility index (Phi) is 7.09. The topological polar surface area (TPSA) is 117 Å². The third kappa shape index (κ3) is 5.56. The predicted molar refractivity (Wildman–Crippen MR) is 101 cm³/mol. The summed E-state index contributed by atoms with van der Waals surface area (Å²) in [6, 6.07) is 10.7. The normalized spacial score (nSPS) is 10.4. The van der Waals surface area contributed by atoms with Gasteiger partial charge in [0.25, 0.3) is 11.6 Å². The first-order valence-corrected chi connectivity index (χ1v) is 8.04. The highest BCUT2D eigenvalue weighted by atomic mass is 16.6. The molecule has 0 spiro atoms. The van der Waals surface area contributed by atoms with E-state index in [9.17, 15) is 19.7 Å². The molecule has 9 heteroatoms. The van der Waals surface area contributed by atoms with Crippen LogP contribution in [0, 0.1) is 10.1 Å². The number of nitrogens with one attached hydrogen (secondary N) is 1. The summed E-state index contributed by atoms with van der Waals surface area (Å²) in [4.78, 5) is 34.0. The monoisotopic (exact) mass is 386 g/mol. The lowest BCUT2D eigenvalue weighted by molar-refractivity contribution is -0.385. The lowest BCUT2D eigenvalue weighted by Gasteiger charge is -2.10. The van der Waals surface area contributed by atoms with Gasteiger partial charge < -0.3 is 19.5 Å². The fourth-order valence-corrected chi connectivity index (χ4v) is 2.25. The van der Waals surface area contributed by atoms with Crippen molar-refractivity contribution in [1.82, 2.24) is 0 Å². The summed E-state index contributed by atoms with van der Waals surface area (Å²) in [5.74, 6) is -0.419. The van der Waals surface area contributed by atoms with Crippen molar-refractivity contribution < 1.29 is 28.7 Å². The smallest absolute Gasteiger partial charge is 0.331 e. The number of amides is 1. The molecule has 2 rings (SSSR count). The van der Waals surface area contributed by atoms with Crippen LogP contribution in [0.3, 0.4) is 0 Å². The Morgan fingerprint density at radius 3 is 2.50 bits per heavy atom. The number of benzene rings is 2. The highest BCUT2D eigenvalue weighted by molar-refractivity contribution is 5.95. The number of para-hydroxylation sites is 1. The van der Waals surface area contributed by atoms with E-state index in [1.54, 1.807) is 24.3 Å². The van der Waals surface area contributed by atoms with E-state index >= 15 is 0 Å². The second-order valence-electron chi connectivity index (χ2n) is 5.37. The number of nitro groups is 1. The van der Waals surface area contributed by atoms with Crippen molar-refractivity contribution in [2.45, 2.75) is 0 Å². The van der Waals surface area contributed by atoms with Gasteiger partial charge in [-0.15, -0.1) is 0 Å². The molecule has 0 heterocycles. The summed E-state index contributed by atoms with van der Waals surface area (Å²) in [5, 5.41) is 13.5. The van der Waals surface area contributed by atoms with Crippen LogP contribution in [0.2, 0.25) is 0 Å². The van der Waals surface area contributed by atoms with Crippen molar-refractivity contribution in [2.75, 3.05) is 26.1 Å². The maximum absolute atomic E-state index is 11.9. The number of nitrogens with zero attached hydrogens (tertiary/aromatic N) is 1. The van der Waals surface area contributed by atoms with Crippen LogP contribution in [0.1, 0.15) is 5.56 Å². The number of esters is 1. The standard InChI is InChI=1S/C19H18N2O7/c1-26-16-9-8-14(11-17(16)27-2)20-18(22)12-28-19(23)10-7-13-5-3-4-6-15(13)21(24)25/h3-11H,12H2,1-2H3,(H,20,22)/b10-7+. The third-order valence-electron chi connectivity index (χ3n) is 3.55. The fourth-order valence-electron chi connectivity index (χ4n) is 2.25. The number of hydrogen-bond acceptors (Lipinski definition) is 7. The minimum Gasteiger partial charge on any atom is -0.493 e. The zero-order valence-electron chi connectivity index (χ0n) is 15.2. The molecule has 2 aromatic carbocycles. The molecule has 1 N–H and O–H groups in total. The zero-order valence-corrected chi connectivity index (χ0v) is 15.2. The molecule has 146 valence electrons. The SMILES string of the molecule is COc1ccc(NC(=O)COC(=O)/C=C/c2ccccc2[N+](=O)[O-])cc1OC. The summed E-state index contributed by atoms with van der Waals surface area (Å²) in [5.41, 5.74) is 0.547. The quantitative estimate of drug-likeness (QED) is 0.321. The molecule has 0 radical (unpaired) electrons. The molecule has 9 nitrogen and oxygen atoms in total. The Bertz CT molecular complexity index is 909. The molecule has 0 aliphatic rings. The van der Waals surface area contributed by atoms with Gasteiger partial charge in [-0.25, -0.2) is 4.79 Å². The van der Waals surface area contributed by atoms with Gasteiger partial charge in [-0.3, -0.25) is 14.9 Å².